The van der Waals surface area contributed by atoms with E-state index in [1.165, 1.54) is 0 Å². The number of hydrogen-bond acceptors (Lipinski definition) is 2. The molecule has 1 fully saturated rings. The zero-order valence-electron chi connectivity index (χ0n) is 7.54. The van der Waals surface area contributed by atoms with E-state index in [1.54, 1.807) is 6.20 Å². The first-order valence-electron chi connectivity index (χ1n) is 4.36. The maximum atomic E-state index is 9.47. The van der Waals surface area contributed by atoms with Crippen LogP contribution in [0, 0.1) is 18.8 Å². The van der Waals surface area contributed by atoms with E-state index in [1.807, 2.05) is 19.1 Å². The van der Waals surface area contributed by atoms with E-state index < -0.39 is 5.60 Å². The molecule has 1 aliphatic carbocycles. The minimum absolute atomic E-state index is 0.683. The van der Waals surface area contributed by atoms with Crippen LogP contribution >= 0.6 is 0 Å². The highest BCUT2D eigenvalue weighted by atomic mass is 16.3. The topological polar surface area (TPSA) is 33.1 Å². The van der Waals surface area contributed by atoms with Gasteiger partial charge >= 0.3 is 0 Å². The first-order chi connectivity index (χ1) is 6.18. The standard InChI is InChI=1S/C11H11NO/c1-9-8-10(3-7-12-9)2-4-11(13)5-6-11/h3,7-8,13H,5-6H2,1H3. The lowest BCUT2D eigenvalue weighted by Gasteiger charge is -1.94. The lowest BCUT2D eigenvalue weighted by molar-refractivity contribution is 0.212. The summed E-state index contributed by atoms with van der Waals surface area (Å²) in [6.45, 7) is 1.93. The van der Waals surface area contributed by atoms with Crippen molar-refractivity contribution >= 4 is 0 Å². The lowest BCUT2D eigenvalue weighted by atomic mass is 10.2. The van der Waals surface area contributed by atoms with Crippen molar-refractivity contribution in [3.63, 3.8) is 0 Å². The first-order valence-corrected chi connectivity index (χ1v) is 4.36. The number of aromatic nitrogens is 1. The monoisotopic (exact) mass is 173 g/mol. The normalized spacial score (nSPS) is 17.4. The number of pyridine rings is 1. The molecule has 66 valence electrons. The van der Waals surface area contributed by atoms with Gasteiger partial charge in [-0.15, -0.1) is 0 Å². The van der Waals surface area contributed by atoms with Crippen LogP contribution in [0.5, 0.6) is 0 Å². The van der Waals surface area contributed by atoms with E-state index in [2.05, 4.69) is 16.8 Å². The van der Waals surface area contributed by atoms with Crippen molar-refractivity contribution in [2.75, 3.05) is 0 Å². The minimum Gasteiger partial charge on any atom is -0.378 e. The van der Waals surface area contributed by atoms with Crippen LogP contribution in [0.2, 0.25) is 0 Å². The Labute approximate surface area is 77.6 Å². The maximum Gasteiger partial charge on any atom is 0.126 e. The number of rotatable bonds is 0. The van der Waals surface area contributed by atoms with Crippen molar-refractivity contribution < 1.29 is 5.11 Å². The highest BCUT2D eigenvalue weighted by Crippen LogP contribution is 2.33. The Hall–Kier alpha value is -1.33. The van der Waals surface area contributed by atoms with Gasteiger partial charge in [0, 0.05) is 17.5 Å². The summed E-state index contributed by atoms with van der Waals surface area (Å²) in [4.78, 5) is 4.07. The van der Waals surface area contributed by atoms with Crippen molar-refractivity contribution in [2.45, 2.75) is 25.4 Å². The van der Waals surface area contributed by atoms with Crippen molar-refractivity contribution in [1.82, 2.24) is 4.98 Å². The summed E-state index contributed by atoms with van der Waals surface area (Å²) in [7, 11) is 0. The molecule has 0 saturated heterocycles. The summed E-state index contributed by atoms with van der Waals surface area (Å²) >= 11 is 0. The molecule has 0 aromatic carbocycles. The van der Waals surface area contributed by atoms with Gasteiger partial charge in [0.1, 0.15) is 5.60 Å². The van der Waals surface area contributed by atoms with Gasteiger partial charge in [-0.1, -0.05) is 11.8 Å². The highest BCUT2D eigenvalue weighted by Gasteiger charge is 2.38. The van der Waals surface area contributed by atoms with E-state index in [4.69, 9.17) is 0 Å². The summed E-state index contributed by atoms with van der Waals surface area (Å²) in [5.41, 5.74) is 1.19. The van der Waals surface area contributed by atoms with Crippen LogP contribution in [0.3, 0.4) is 0 Å². The molecular formula is C11H11NO. The molecule has 2 heteroatoms. The SMILES string of the molecule is Cc1cc(C#CC2(O)CC2)ccn1. The largest absolute Gasteiger partial charge is 0.378 e. The van der Waals surface area contributed by atoms with Crippen LogP contribution in [0.1, 0.15) is 24.1 Å². The third kappa shape index (κ3) is 2.07. The number of aliphatic hydroxyl groups is 1. The predicted molar refractivity (Wildman–Crippen MR) is 50.0 cm³/mol. The van der Waals surface area contributed by atoms with Gasteiger partial charge in [-0.05, 0) is 31.9 Å². The van der Waals surface area contributed by atoms with Gasteiger partial charge in [0.2, 0.25) is 0 Å². The van der Waals surface area contributed by atoms with Crippen molar-refractivity contribution in [1.29, 1.82) is 0 Å². The summed E-state index contributed by atoms with van der Waals surface area (Å²) < 4.78 is 0. The van der Waals surface area contributed by atoms with Crippen LogP contribution in [0.4, 0.5) is 0 Å². The molecule has 1 saturated carbocycles. The molecule has 2 nitrogen and oxygen atoms in total. The number of aryl methyl sites for hydroxylation is 1. The Morgan fingerprint density at radius 1 is 1.54 bits per heavy atom. The molecule has 0 spiro atoms. The van der Waals surface area contributed by atoms with Crippen LogP contribution in [0.25, 0.3) is 0 Å². The van der Waals surface area contributed by atoms with Gasteiger partial charge in [-0.3, -0.25) is 4.98 Å². The van der Waals surface area contributed by atoms with Gasteiger partial charge in [0.05, 0.1) is 0 Å². The van der Waals surface area contributed by atoms with E-state index in [0.717, 1.165) is 24.1 Å². The average molecular weight is 173 g/mol. The van der Waals surface area contributed by atoms with E-state index in [-0.39, 0.29) is 0 Å². The summed E-state index contributed by atoms with van der Waals surface area (Å²) in [5, 5.41) is 9.47. The Morgan fingerprint density at radius 3 is 2.92 bits per heavy atom. The van der Waals surface area contributed by atoms with Gasteiger partial charge in [-0.25, -0.2) is 0 Å². The molecule has 0 unspecified atom stereocenters. The van der Waals surface area contributed by atoms with Crippen LogP contribution in [-0.2, 0) is 0 Å². The average Bonchev–Trinajstić information content (AvgIpc) is 2.82. The third-order valence-electron chi connectivity index (χ3n) is 2.06. The Balaban J connectivity index is 2.20. The smallest absolute Gasteiger partial charge is 0.126 e. The Bertz CT molecular complexity index is 383. The molecule has 0 amide bonds. The molecule has 1 aromatic heterocycles. The number of nitrogens with zero attached hydrogens (tertiary/aromatic N) is 1. The van der Waals surface area contributed by atoms with E-state index in [9.17, 15) is 5.11 Å². The second kappa shape index (κ2) is 2.86. The second-order valence-corrected chi connectivity index (χ2v) is 3.47. The van der Waals surface area contributed by atoms with Crippen molar-refractivity contribution in [3.05, 3.63) is 29.6 Å². The second-order valence-electron chi connectivity index (χ2n) is 3.47. The minimum atomic E-state index is -0.683. The summed E-state index contributed by atoms with van der Waals surface area (Å²) in [6.07, 6.45) is 3.35. The first kappa shape index (κ1) is 8.28. The van der Waals surface area contributed by atoms with Gasteiger partial charge in [-0.2, -0.15) is 0 Å². The van der Waals surface area contributed by atoms with Crippen LogP contribution in [-0.4, -0.2) is 15.7 Å². The number of hydrogen-bond donors (Lipinski definition) is 1. The zero-order valence-corrected chi connectivity index (χ0v) is 7.54. The van der Waals surface area contributed by atoms with E-state index >= 15 is 0 Å². The molecule has 0 atom stereocenters. The molecule has 13 heavy (non-hydrogen) atoms. The molecule has 2 rings (SSSR count). The highest BCUT2D eigenvalue weighted by molar-refractivity contribution is 5.37. The fraction of sp³-hybridized carbons (Fsp3) is 0.364. The summed E-state index contributed by atoms with van der Waals surface area (Å²) in [5.74, 6) is 5.80. The van der Waals surface area contributed by atoms with Gasteiger partial charge in [0.25, 0.3) is 0 Å². The molecule has 0 radical (unpaired) electrons. The van der Waals surface area contributed by atoms with E-state index in [0.29, 0.717) is 0 Å². The molecule has 1 heterocycles. The molecule has 0 aliphatic heterocycles. The zero-order chi connectivity index (χ0) is 9.31. The van der Waals surface area contributed by atoms with Crippen LogP contribution in [0.15, 0.2) is 18.3 Å². The summed E-state index contributed by atoms with van der Waals surface area (Å²) in [6, 6.07) is 3.77. The maximum absolute atomic E-state index is 9.47. The molecule has 1 aromatic rings. The Kier molecular flexibility index (Phi) is 1.82. The van der Waals surface area contributed by atoms with Gasteiger partial charge < -0.3 is 5.11 Å². The fourth-order valence-corrected chi connectivity index (χ4v) is 1.06. The predicted octanol–water partition coefficient (Wildman–Crippen LogP) is 1.27. The molecule has 1 aliphatic rings. The molecule has 1 N–H and O–H groups in total. The third-order valence-corrected chi connectivity index (χ3v) is 2.06. The molecular weight excluding hydrogens is 162 g/mol. The fourth-order valence-electron chi connectivity index (χ4n) is 1.06. The van der Waals surface area contributed by atoms with Crippen LogP contribution < -0.4 is 0 Å². The van der Waals surface area contributed by atoms with Crippen molar-refractivity contribution in [3.8, 4) is 11.8 Å². The molecule has 0 bridgehead atoms. The lowest BCUT2D eigenvalue weighted by Crippen LogP contribution is -2.00. The van der Waals surface area contributed by atoms with Gasteiger partial charge in [0.15, 0.2) is 0 Å². The quantitative estimate of drug-likeness (QED) is 0.599. The van der Waals surface area contributed by atoms with Crippen molar-refractivity contribution in [2.24, 2.45) is 0 Å². The Morgan fingerprint density at radius 2 is 2.31 bits per heavy atom.